The minimum atomic E-state index is -0.0183. The normalized spacial score (nSPS) is 26.9. The monoisotopic (exact) mass is 367 g/mol. The van der Waals surface area contributed by atoms with Gasteiger partial charge in [-0.15, -0.1) is 0 Å². The molecule has 134 valence electrons. The molecule has 3 fully saturated rings. The van der Waals surface area contributed by atoms with Crippen LogP contribution in [-0.2, 0) is 0 Å². The molecule has 1 aromatic heterocycles. The van der Waals surface area contributed by atoms with Crippen molar-refractivity contribution in [1.82, 2.24) is 10.2 Å². The SMILES string of the molecule is CC1C(NC(=O)c2ccc(Oc3ccc(C#N)cc3)s2)C2CCN1CC2. The molecular weight excluding hydrogens is 346 g/mol. The maximum absolute atomic E-state index is 12.7. The minimum absolute atomic E-state index is 0.0183. The van der Waals surface area contributed by atoms with E-state index in [0.29, 0.717) is 33.2 Å². The fourth-order valence-corrected chi connectivity index (χ4v) is 4.76. The van der Waals surface area contributed by atoms with Gasteiger partial charge in [-0.2, -0.15) is 5.26 Å². The zero-order valence-corrected chi connectivity index (χ0v) is 15.5. The maximum Gasteiger partial charge on any atom is 0.261 e. The Morgan fingerprint density at radius 1 is 1.23 bits per heavy atom. The molecule has 3 aliphatic heterocycles. The van der Waals surface area contributed by atoms with Crippen LogP contribution in [0.2, 0.25) is 0 Å². The van der Waals surface area contributed by atoms with Gasteiger partial charge < -0.3 is 10.1 Å². The summed E-state index contributed by atoms with van der Waals surface area (Å²) in [5, 5.41) is 12.8. The molecule has 3 aliphatic rings. The van der Waals surface area contributed by atoms with Crippen LogP contribution in [0.25, 0.3) is 0 Å². The second-order valence-corrected chi connectivity index (χ2v) is 8.02. The molecule has 0 spiro atoms. The summed E-state index contributed by atoms with van der Waals surface area (Å²) in [6.07, 6.45) is 2.35. The van der Waals surface area contributed by atoms with E-state index < -0.39 is 0 Å². The van der Waals surface area contributed by atoms with E-state index in [1.807, 2.05) is 12.1 Å². The number of fused-ring (bicyclic) bond motifs is 3. The fourth-order valence-electron chi connectivity index (χ4n) is 3.98. The molecule has 0 radical (unpaired) electrons. The first-order chi connectivity index (χ1) is 12.6. The second kappa shape index (κ2) is 7.10. The number of benzene rings is 1. The van der Waals surface area contributed by atoms with Gasteiger partial charge in [0.25, 0.3) is 5.91 Å². The third kappa shape index (κ3) is 3.33. The lowest BCUT2D eigenvalue weighted by Crippen LogP contribution is -2.62. The average Bonchev–Trinajstić information content (AvgIpc) is 3.14. The Kier molecular flexibility index (Phi) is 4.66. The Bertz CT molecular complexity index is 829. The maximum atomic E-state index is 12.7. The predicted octanol–water partition coefficient (Wildman–Crippen LogP) is 3.62. The molecule has 1 amide bonds. The van der Waals surface area contributed by atoms with Crippen molar-refractivity contribution in [2.24, 2.45) is 5.92 Å². The summed E-state index contributed by atoms with van der Waals surface area (Å²) >= 11 is 1.34. The number of carbonyl (C=O) groups excluding carboxylic acids is 1. The molecule has 1 N–H and O–H groups in total. The molecule has 5 rings (SSSR count). The van der Waals surface area contributed by atoms with E-state index in [-0.39, 0.29) is 11.9 Å². The van der Waals surface area contributed by atoms with E-state index in [1.165, 1.54) is 24.2 Å². The molecule has 5 nitrogen and oxygen atoms in total. The number of rotatable bonds is 4. The van der Waals surface area contributed by atoms with E-state index in [2.05, 4.69) is 23.2 Å². The summed E-state index contributed by atoms with van der Waals surface area (Å²) in [6, 6.07) is 13.3. The Morgan fingerprint density at radius 2 is 1.96 bits per heavy atom. The molecule has 0 aliphatic carbocycles. The molecule has 0 saturated carbocycles. The minimum Gasteiger partial charge on any atom is -0.447 e. The Hall–Kier alpha value is -2.36. The second-order valence-electron chi connectivity index (χ2n) is 6.97. The Morgan fingerprint density at radius 3 is 2.62 bits per heavy atom. The molecule has 2 aromatic rings. The van der Waals surface area contributed by atoms with Crippen LogP contribution in [0.4, 0.5) is 0 Å². The molecule has 1 aromatic carbocycles. The summed E-state index contributed by atoms with van der Waals surface area (Å²) < 4.78 is 5.79. The summed E-state index contributed by atoms with van der Waals surface area (Å²) in [7, 11) is 0. The number of thiophene rings is 1. The lowest BCUT2D eigenvalue weighted by Gasteiger charge is -2.49. The van der Waals surface area contributed by atoms with Gasteiger partial charge >= 0.3 is 0 Å². The van der Waals surface area contributed by atoms with Crippen LogP contribution in [-0.4, -0.2) is 36.0 Å². The first-order valence-electron chi connectivity index (χ1n) is 8.97. The van der Waals surface area contributed by atoms with Gasteiger partial charge in [0.2, 0.25) is 0 Å². The summed E-state index contributed by atoms with van der Waals surface area (Å²) in [6.45, 7) is 4.52. The average molecular weight is 367 g/mol. The van der Waals surface area contributed by atoms with Gasteiger partial charge in [0.1, 0.15) is 5.75 Å². The third-order valence-corrected chi connectivity index (χ3v) is 6.44. The van der Waals surface area contributed by atoms with Crippen LogP contribution in [0.15, 0.2) is 36.4 Å². The number of nitrogens with one attached hydrogen (secondary N) is 1. The number of amides is 1. The highest BCUT2D eigenvalue weighted by Crippen LogP contribution is 2.33. The fraction of sp³-hybridized carbons (Fsp3) is 0.400. The zero-order chi connectivity index (χ0) is 18.1. The van der Waals surface area contributed by atoms with E-state index in [4.69, 9.17) is 10.00 Å². The highest BCUT2D eigenvalue weighted by Gasteiger charge is 2.40. The van der Waals surface area contributed by atoms with Gasteiger partial charge in [0.05, 0.1) is 16.5 Å². The number of carbonyl (C=O) groups is 1. The molecule has 2 unspecified atom stereocenters. The topological polar surface area (TPSA) is 65.4 Å². The van der Waals surface area contributed by atoms with Crippen LogP contribution >= 0.6 is 11.3 Å². The van der Waals surface area contributed by atoms with Crippen LogP contribution in [0.3, 0.4) is 0 Å². The van der Waals surface area contributed by atoms with Gasteiger partial charge in [-0.3, -0.25) is 9.69 Å². The Balaban J connectivity index is 1.40. The van der Waals surface area contributed by atoms with Crippen LogP contribution in [0, 0.1) is 17.2 Å². The number of nitriles is 1. The number of piperidine rings is 3. The van der Waals surface area contributed by atoms with E-state index in [9.17, 15) is 4.79 Å². The molecule has 3 saturated heterocycles. The first-order valence-corrected chi connectivity index (χ1v) is 9.78. The zero-order valence-electron chi connectivity index (χ0n) is 14.6. The first kappa shape index (κ1) is 17.1. The van der Waals surface area contributed by atoms with Crippen molar-refractivity contribution < 1.29 is 9.53 Å². The predicted molar refractivity (Wildman–Crippen MR) is 101 cm³/mol. The van der Waals surface area contributed by atoms with Crippen molar-refractivity contribution in [3.05, 3.63) is 46.8 Å². The van der Waals surface area contributed by atoms with Crippen molar-refractivity contribution in [2.75, 3.05) is 13.1 Å². The third-order valence-electron chi connectivity index (χ3n) is 5.48. The molecular formula is C20H21N3O2S. The molecule has 2 bridgehead atoms. The number of hydrogen-bond donors (Lipinski definition) is 1. The highest BCUT2D eigenvalue weighted by atomic mass is 32.1. The van der Waals surface area contributed by atoms with E-state index in [1.54, 1.807) is 24.3 Å². The summed E-state index contributed by atoms with van der Waals surface area (Å²) in [4.78, 5) is 15.8. The number of ether oxygens (including phenoxy) is 1. The van der Waals surface area contributed by atoms with Crippen molar-refractivity contribution in [3.8, 4) is 16.9 Å². The van der Waals surface area contributed by atoms with E-state index in [0.717, 1.165) is 13.1 Å². The summed E-state index contributed by atoms with van der Waals surface area (Å²) in [5.41, 5.74) is 0.593. The van der Waals surface area contributed by atoms with Gasteiger partial charge in [0.15, 0.2) is 5.06 Å². The molecule has 2 atom stereocenters. The number of hydrogen-bond acceptors (Lipinski definition) is 5. The van der Waals surface area contributed by atoms with Gasteiger partial charge in [0, 0.05) is 12.1 Å². The quantitative estimate of drug-likeness (QED) is 0.896. The standard InChI is InChI=1S/C20H21N3O2S/c1-13-19(15-8-10-23(13)11-9-15)22-20(24)17-6-7-18(26-17)25-16-4-2-14(12-21)3-5-16/h2-7,13,15,19H,8-11H2,1H3,(H,22,24). The Labute approximate surface area is 157 Å². The van der Waals surface area contributed by atoms with Crippen molar-refractivity contribution >= 4 is 17.2 Å². The van der Waals surface area contributed by atoms with Crippen molar-refractivity contribution in [3.63, 3.8) is 0 Å². The van der Waals surface area contributed by atoms with Gasteiger partial charge in [-0.05, 0) is 75.2 Å². The lowest BCUT2D eigenvalue weighted by atomic mass is 9.79. The van der Waals surface area contributed by atoms with Crippen molar-refractivity contribution in [1.29, 1.82) is 5.26 Å². The van der Waals surface area contributed by atoms with Gasteiger partial charge in [-0.1, -0.05) is 11.3 Å². The summed E-state index contributed by atoms with van der Waals surface area (Å²) in [5.74, 6) is 1.23. The van der Waals surface area contributed by atoms with Crippen LogP contribution in [0.1, 0.15) is 35.0 Å². The van der Waals surface area contributed by atoms with Crippen molar-refractivity contribution in [2.45, 2.75) is 31.8 Å². The van der Waals surface area contributed by atoms with Crippen LogP contribution in [0.5, 0.6) is 10.8 Å². The van der Waals surface area contributed by atoms with Gasteiger partial charge in [-0.25, -0.2) is 0 Å². The van der Waals surface area contributed by atoms with Crippen LogP contribution < -0.4 is 10.1 Å². The smallest absolute Gasteiger partial charge is 0.261 e. The lowest BCUT2D eigenvalue weighted by molar-refractivity contribution is 0.0218. The largest absolute Gasteiger partial charge is 0.447 e. The molecule has 26 heavy (non-hydrogen) atoms. The molecule has 4 heterocycles. The number of nitrogens with zero attached hydrogens (tertiary/aromatic N) is 2. The highest BCUT2D eigenvalue weighted by molar-refractivity contribution is 7.15. The molecule has 6 heteroatoms. The van der Waals surface area contributed by atoms with E-state index >= 15 is 0 Å².